The first-order chi connectivity index (χ1) is 14.5. The van der Waals surface area contributed by atoms with E-state index in [-0.39, 0.29) is 36.3 Å². The first-order valence-corrected chi connectivity index (χ1v) is 9.42. The molecule has 3 aromatic rings. The maximum Gasteiger partial charge on any atom is 0.387 e. The molecule has 10 heteroatoms. The number of para-hydroxylation sites is 1. The fraction of sp³-hybridized carbons (Fsp3) is 0.286. The van der Waals surface area contributed by atoms with Gasteiger partial charge in [0.2, 0.25) is 0 Å². The molecule has 2 N–H and O–H groups in total. The van der Waals surface area contributed by atoms with Crippen LogP contribution in [-0.2, 0) is 13.1 Å². The van der Waals surface area contributed by atoms with Gasteiger partial charge in [0.05, 0.1) is 5.69 Å². The van der Waals surface area contributed by atoms with Gasteiger partial charge in [-0.05, 0) is 37.6 Å². The molecule has 0 fully saturated rings. The second-order valence-corrected chi connectivity index (χ2v) is 6.63. The van der Waals surface area contributed by atoms with E-state index in [0.29, 0.717) is 18.1 Å². The molecule has 0 amide bonds. The molecule has 0 atom stereocenters. The Bertz CT molecular complexity index is 1010. The zero-order valence-electron chi connectivity index (χ0n) is 17.5. The summed E-state index contributed by atoms with van der Waals surface area (Å²) in [5, 5.41) is 10.7. The molecule has 0 saturated carbocycles. The molecule has 2 aromatic heterocycles. The third-order valence-electron chi connectivity index (χ3n) is 4.35. The normalized spacial score (nSPS) is 11.2. The molecule has 31 heavy (non-hydrogen) atoms. The summed E-state index contributed by atoms with van der Waals surface area (Å²) >= 11 is 0. The second-order valence-electron chi connectivity index (χ2n) is 6.63. The van der Waals surface area contributed by atoms with Crippen LogP contribution in [0.15, 0.2) is 53.7 Å². The molecule has 2 heterocycles. The SMILES string of the molecule is CN=C(NCc1ccc(-n2nc(C)cc2C)nc1)NCc1ccccc1OC(F)F.I. The van der Waals surface area contributed by atoms with Gasteiger partial charge < -0.3 is 15.4 Å². The average molecular weight is 542 g/mol. The molecule has 0 aliphatic carbocycles. The Hall–Kier alpha value is -2.76. The summed E-state index contributed by atoms with van der Waals surface area (Å²) in [4.78, 5) is 8.63. The Morgan fingerprint density at radius 3 is 2.48 bits per heavy atom. The second kappa shape index (κ2) is 11.6. The number of nitrogens with zero attached hydrogens (tertiary/aromatic N) is 4. The number of aliphatic imine (C=N–C) groups is 1. The zero-order chi connectivity index (χ0) is 21.5. The van der Waals surface area contributed by atoms with Crippen LogP contribution in [0.3, 0.4) is 0 Å². The van der Waals surface area contributed by atoms with E-state index in [4.69, 9.17) is 0 Å². The van der Waals surface area contributed by atoms with E-state index in [0.717, 1.165) is 22.8 Å². The first-order valence-electron chi connectivity index (χ1n) is 9.42. The lowest BCUT2D eigenvalue weighted by atomic mass is 10.2. The van der Waals surface area contributed by atoms with Crippen molar-refractivity contribution in [3.8, 4) is 11.6 Å². The molecule has 166 valence electrons. The van der Waals surface area contributed by atoms with E-state index in [9.17, 15) is 8.78 Å². The lowest BCUT2D eigenvalue weighted by Crippen LogP contribution is -2.36. The fourth-order valence-corrected chi connectivity index (χ4v) is 2.95. The number of hydrogen-bond donors (Lipinski definition) is 2. The van der Waals surface area contributed by atoms with Crippen molar-refractivity contribution >= 4 is 29.9 Å². The standard InChI is InChI=1S/C21H24F2N6O.HI/c1-14-10-15(2)29(28-14)19-9-8-16(11-25-19)12-26-21(24-3)27-13-17-6-4-5-7-18(17)30-20(22)23;/h4-11,20H,12-13H2,1-3H3,(H2,24,26,27);1H. The van der Waals surface area contributed by atoms with Crippen LogP contribution in [-0.4, -0.2) is 34.4 Å². The zero-order valence-corrected chi connectivity index (χ0v) is 19.8. The van der Waals surface area contributed by atoms with Gasteiger partial charge in [-0.3, -0.25) is 4.99 Å². The van der Waals surface area contributed by atoms with Crippen molar-refractivity contribution in [3.05, 3.63) is 71.2 Å². The number of aromatic nitrogens is 3. The Kier molecular flexibility index (Phi) is 9.16. The highest BCUT2D eigenvalue weighted by Gasteiger charge is 2.10. The Morgan fingerprint density at radius 2 is 1.87 bits per heavy atom. The molecule has 0 aliphatic heterocycles. The monoisotopic (exact) mass is 542 g/mol. The van der Waals surface area contributed by atoms with E-state index >= 15 is 0 Å². The number of guanidine groups is 1. The minimum atomic E-state index is -2.87. The topological polar surface area (TPSA) is 76.4 Å². The molecule has 0 radical (unpaired) electrons. The van der Waals surface area contributed by atoms with Gasteiger partial charge in [0.25, 0.3) is 0 Å². The number of ether oxygens (including phenoxy) is 1. The molecule has 7 nitrogen and oxygen atoms in total. The summed E-state index contributed by atoms with van der Waals surface area (Å²) in [6.45, 7) is 1.85. The van der Waals surface area contributed by atoms with Gasteiger partial charge in [0, 0.05) is 37.6 Å². The molecule has 0 aliphatic rings. The predicted molar refractivity (Wildman–Crippen MR) is 126 cm³/mol. The predicted octanol–water partition coefficient (Wildman–Crippen LogP) is 3.97. The third-order valence-corrected chi connectivity index (χ3v) is 4.35. The first kappa shape index (κ1) is 24.5. The minimum Gasteiger partial charge on any atom is -0.434 e. The van der Waals surface area contributed by atoms with E-state index in [2.05, 4.69) is 30.4 Å². The summed E-state index contributed by atoms with van der Waals surface area (Å²) in [5.74, 6) is 1.42. The van der Waals surface area contributed by atoms with Crippen LogP contribution in [0.1, 0.15) is 22.5 Å². The number of pyridine rings is 1. The van der Waals surface area contributed by atoms with Crippen LogP contribution in [0.4, 0.5) is 8.78 Å². The quantitative estimate of drug-likeness (QED) is 0.269. The van der Waals surface area contributed by atoms with Crippen LogP contribution < -0.4 is 15.4 Å². The average Bonchev–Trinajstić information content (AvgIpc) is 3.07. The number of aryl methyl sites for hydroxylation is 2. The number of hydrogen-bond acceptors (Lipinski definition) is 4. The summed E-state index contributed by atoms with van der Waals surface area (Å²) in [7, 11) is 1.64. The van der Waals surface area contributed by atoms with Crippen molar-refractivity contribution < 1.29 is 13.5 Å². The maximum atomic E-state index is 12.5. The molecule has 1 aromatic carbocycles. The van der Waals surface area contributed by atoms with Crippen LogP contribution in [0.5, 0.6) is 5.75 Å². The van der Waals surface area contributed by atoms with Gasteiger partial charge in [-0.25, -0.2) is 9.67 Å². The van der Waals surface area contributed by atoms with Gasteiger partial charge in [0.15, 0.2) is 11.8 Å². The largest absolute Gasteiger partial charge is 0.434 e. The molecule has 0 saturated heterocycles. The van der Waals surface area contributed by atoms with Crippen LogP contribution in [0.2, 0.25) is 0 Å². The molecular formula is C21H25F2IN6O. The van der Waals surface area contributed by atoms with Crippen LogP contribution >= 0.6 is 24.0 Å². The Morgan fingerprint density at radius 1 is 1.13 bits per heavy atom. The lowest BCUT2D eigenvalue weighted by molar-refractivity contribution is -0.0504. The number of rotatable bonds is 7. The number of benzene rings is 1. The molecule has 3 rings (SSSR count). The van der Waals surface area contributed by atoms with Crippen molar-refractivity contribution in [2.24, 2.45) is 4.99 Å². The van der Waals surface area contributed by atoms with Gasteiger partial charge in [-0.1, -0.05) is 24.3 Å². The fourth-order valence-electron chi connectivity index (χ4n) is 2.95. The van der Waals surface area contributed by atoms with Crippen LogP contribution in [0.25, 0.3) is 5.82 Å². The molecular weight excluding hydrogens is 517 g/mol. The van der Waals surface area contributed by atoms with Gasteiger partial charge >= 0.3 is 6.61 Å². The Balaban J connectivity index is 0.00000341. The number of nitrogens with one attached hydrogen (secondary N) is 2. The van der Waals surface area contributed by atoms with E-state index in [1.54, 1.807) is 36.1 Å². The van der Waals surface area contributed by atoms with Gasteiger partial charge in [-0.2, -0.15) is 13.9 Å². The molecule has 0 unspecified atom stereocenters. The minimum absolute atomic E-state index is 0. The smallest absolute Gasteiger partial charge is 0.387 e. The van der Waals surface area contributed by atoms with Crippen molar-refractivity contribution in [1.29, 1.82) is 0 Å². The van der Waals surface area contributed by atoms with Gasteiger partial charge in [-0.15, -0.1) is 24.0 Å². The summed E-state index contributed by atoms with van der Waals surface area (Å²) in [6.07, 6.45) is 1.78. The number of alkyl halides is 2. The van der Waals surface area contributed by atoms with Crippen molar-refractivity contribution in [1.82, 2.24) is 25.4 Å². The molecule has 0 bridgehead atoms. The maximum absolute atomic E-state index is 12.5. The molecule has 0 spiro atoms. The van der Waals surface area contributed by atoms with E-state index in [1.807, 2.05) is 32.0 Å². The van der Waals surface area contributed by atoms with Crippen molar-refractivity contribution in [2.45, 2.75) is 33.5 Å². The van der Waals surface area contributed by atoms with Crippen molar-refractivity contribution in [2.75, 3.05) is 7.05 Å². The lowest BCUT2D eigenvalue weighted by Gasteiger charge is -2.14. The third kappa shape index (κ3) is 6.88. The van der Waals surface area contributed by atoms with E-state index < -0.39 is 6.61 Å². The van der Waals surface area contributed by atoms with E-state index in [1.165, 1.54) is 6.07 Å². The summed E-state index contributed by atoms with van der Waals surface area (Å²) in [6, 6.07) is 12.5. The summed E-state index contributed by atoms with van der Waals surface area (Å²) in [5.41, 5.74) is 3.53. The highest BCUT2D eigenvalue weighted by molar-refractivity contribution is 14.0. The highest BCUT2D eigenvalue weighted by atomic mass is 127. The number of halogens is 3. The Labute approximate surface area is 197 Å². The highest BCUT2D eigenvalue weighted by Crippen LogP contribution is 2.19. The van der Waals surface area contributed by atoms with Crippen LogP contribution in [0, 0.1) is 13.8 Å². The summed E-state index contributed by atoms with van der Waals surface area (Å²) < 4.78 is 31.4. The van der Waals surface area contributed by atoms with Crippen molar-refractivity contribution in [3.63, 3.8) is 0 Å². The van der Waals surface area contributed by atoms with Gasteiger partial charge in [0.1, 0.15) is 5.75 Å².